The Labute approximate surface area is 82.6 Å². The SMILES string of the molecule is COC1CCC(N)(c2ncon2)CC1. The van der Waals surface area contributed by atoms with Crippen LogP contribution in [0.3, 0.4) is 0 Å². The molecule has 5 nitrogen and oxygen atoms in total. The molecule has 1 saturated carbocycles. The van der Waals surface area contributed by atoms with Gasteiger partial charge in [0.15, 0.2) is 5.82 Å². The summed E-state index contributed by atoms with van der Waals surface area (Å²) >= 11 is 0. The van der Waals surface area contributed by atoms with E-state index in [0.717, 1.165) is 25.7 Å². The lowest BCUT2D eigenvalue weighted by Crippen LogP contribution is -2.42. The second kappa shape index (κ2) is 3.67. The molecule has 0 spiro atoms. The van der Waals surface area contributed by atoms with Crippen molar-refractivity contribution in [2.24, 2.45) is 5.73 Å². The Hall–Kier alpha value is -0.940. The van der Waals surface area contributed by atoms with Gasteiger partial charge in [-0.1, -0.05) is 5.16 Å². The summed E-state index contributed by atoms with van der Waals surface area (Å²) in [5, 5.41) is 3.81. The van der Waals surface area contributed by atoms with E-state index >= 15 is 0 Å². The first-order chi connectivity index (χ1) is 6.74. The molecular weight excluding hydrogens is 182 g/mol. The summed E-state index contributed by atoms with van der Waals surface area (Å²) in [6.45, 7) is 0. The van der Waals surface area contributed by atoms with Crippen LogP contribution in [-0.4, -0.2) is 23.4 Å². The molecule has 78 valence electrons. The normalized spacial score (nSPS) is 33.1. The molecule has 2 rings (SSSR count). The molecule has 0 atom stereocenters. The first kappa shape index (κ1) is 9.61. The molecular formula is C9H15N3O2. The molecule has 1 aliphatic rings. The lowest BCUT2D eigenvalue weighted by molar-refractivity contribution is 0.0472. The number of hydrogen-bond acceptors (Lipinski definition) is 5. The molecule has 0 unspecified atom stereocenters. The van der Waals surface area contributed by atoms with E-state index in [2.05, 4.69) is 10.1 Å². The minimum absolute atomic E-state index is 0.332. The number of aromatic nitrogens is 2. The van der Waals surface area contributed by atoms with Crippen molar-refractivity contribution in [3.05, 3.63) is 12.2 Å². The molecule has 14 heavy (non-hydrogen) atoms. The predicted octanol–water partition coefficient (Wildman–Crippen LogP) is 0.813. The molecule has 1 aromatic heterocycles. The summed E-state index contributed by atoms with van der Waals surface area (Å²) in [6, 6.07) is 0. The molecule has 1 aromatic rings. The predicted molar refractivity (Wildman–Crippen MR) is 49.4 cm³/mol. The van der Waals surface area contributed by atoms with Gasteiger partial charge in [-0.2, -0.15) is 4.98 Å². The van der Waals surface area contributed by atoms with Crippen LogP contribution in [-0.2, 0) is 10.3 Å². The van der Waals surface area contributed by atoms with Gasteiger partial charge in [-0.05, 0) is 25.7 Å². The van der Waals surface area contributed by atoms with Gasteiger partial charge in [-0.15, -0.1) is 0 Å². The maximum Gasteiger partial charge on any atom is 0.213 e. The van der Waals surface area contributed by atoms with Crippen LogP contribution in [0.15, 0.2) is 10.9 Å². The van der Waals surface area contributed by atoms with Crippen LogP contribution >= 0.6 is 0 Å². The van der Waals surface area contributed by atoms with E-state index in [4.69, 9.17) is 15.0 Å². The monoisotopic (exact) mass is 197 g/mol. The van der Waals surface area contributed by atoms with Crippen LogP contribution in [0.5, 0.6) is 0 Å². The van der Waals surface area contributed by atoms with Gasteiger partial charge in [0, 0.05) is 7.11 Å². The van der Waals surface area contributed by atoms with Crippen molar-refractivity contribution < 1.29 is 9.26 Å². The second-order valence-electron chi connectivity index (χ2n) is 3.85. The minimum Gasteiger partial charge on any atom is -0.381 e. The Morgan fingerprint density at radius 1 is 1.57 bits per heavy atom. The third-order valence-electron chi connectivity index (χ3n) is 2.96. The van der Waals surface area contributed by atoms with E-state index in [1.165, 1.54) is 6.39 Å². The summed E-state index contributed by atoms with van der Waals surface area (Å²) in [4.78, 5) is 4.02. The molecule has 0 aliphatic heterocycles. The molecule has 0 radical (unpaired) electrons. The van der Waals surface area contributed by atoms with E-state index in [0.29, 0.717) is 11.9 Å². The highest BCUT2D eigenvalue weighted by atomic mass is 16.5. The Kier molecular flexibility index (Phi) is 2.52. The van der Waals surface area contributed by atoms with Crippen LogP contribution in [0.4, 0.5) is 0 Å². The van der Waals surface area contributed by atoms with Crippen LogP contribution < -0.4 is 5.73 Å². The molecule has 0 bridgehead atoms. The van der Waals surface area contributed by atoms with Gasteiger partial charge >= 0.3 is 0 Å². The Balaban J connectivity index is 2.06. The number of nitrogens with zero attached hydrogens (tertiary/aromatic N) is 2. The fourth-order valence-electron chi connectivity index (χ4n) is 1.96. The van der Waals surface area contributed by atoms with Crippen LogP contribution in [0, 0.1) is 0 Å². The van der Waals surface area contributed by atoms with Gasteiger partial charge in [0.05, 0.1) is 11.6 Å². The quantitative estimate of drug-likeness (QED) is 0.759. The van der Waals surface area contributed by atoms with E-state index in [-0.39, 0.29) is 0 Å². The maximum atomic E-state index is 6.20. The molecule has 0 saturated heterocycles. The first-order valence-corrected chi connectivity index (χ1v) is 4.83. The smallest absolute Gasteiger partial charge is 0.213 e. The summed E-state index contributed by atoms with van der Waals surface area (Å²) in [5.74, 6) is 0.618. The zero-order valence-electron chi connectivity index (χ0n) is 8.27. The lowest BCUT2D eigenvalue weighted by atomic mass is 9.80. The van der Waals surface area contributed by atoms with Crippen molar-refractivity contribution in [1.29, 1.82) is 0 Å². The van der Waals surface area contributed by atoms with Gasteiger partial charge in [0.25, 0.3) is 0 Å². The number of rotatable bonds is 2. The highest BCUT2D eigenvalue weighted by Gasteiger charge is 2.36. The van der Waals surface area contributed by atoms with E-state index < -0.39 is 5.54 Å². The van der Waals surface area contributed by atoms with Gasteiger partial charge < -0.3 is 15.0 Å². The Bertz CT molecular complexity index is 278. The Morgan fingerprint density at radius 3 is 2.79 bits per heavy atom. The van der Waals surface area contributed by atoms with Gasteiger partial charge in [0.2, 0.25) is 6.39 Å². The molecule has 0 amide bonds. The molecule has 1 heterocycles. The number of ether oxygens (including phenoxy) is 1. The average Bonchev–Trinajstić information content (AvgIpc) is 2.72. The lowest BCUT2D eigenvalue weighted by Gasteiger charge is -2.33. The van der Waals surface area contributed by atoms with Crippen molar-refractivity contribution in [2.45, 2.75) is 37.3 Å². The first-order valence-electron chi connectivity index (χ1n) is 4.83. The largest absolute Gasteiger partial charge is 0.381 e. The third kappa shape index (κ3) is 1.65. The van der Waals surface area contributed by atoms with Gasteiger partial charge in [-0.25, -0.2) is 0 Å². The number of methoxy groups -OCH3 is 1. The van der Waals surface area contributed by atoms with Gasteiger partial charge in [-0.3, -0.25) is 0 Å². The molecule has 1 fully saturated rings. The fraction of sp³-hybridized carbons (Fsp3) is 0.778. The van der Waals surface area contributed by atoms with Crippen LogP contribution in [0.2, 0.25) is 0 Å². The van der Waals surface area contributed by atoms with Gasteiger partial charge in [0.1, 0.15) is 0 Å². The highest BCUT2D eigenvalue weighted by molar-refractivity contribution is 5.04. The molecule has 0 aromatic carbocycles. The third-order valence-corrected chi connectivity index (χ3v) is 2.96. The van der Waals surface area contributed by atoms with Crippen LogP contribution in [0.25, 0.3) is 0 Å². The van der Waals surface area contributed by atoms with Crippen LogP contribution in [0.1, 0.15) is 31.5 Å². The zero-order chi connectivity index (χ0) is 10.0. The Morgan fingerprint density at radius 2 is 2.29 bits per heavy atom. The maximum absolute atomic E-state index is 6.20. The molecule has 5 heteroatoms. The standard InChI is InChI=1S/C9H15N3O2/c1-13-7-2-4-9(10,5-3-7)8-11-6-14-12-8/h6-7H,2-5,10H2,1H3. The second-order valence-corrected chi connectivity index (χ2v) is 3.85. The summed E-state index contributed by atoms with van der Waals surface area (Å²) in [7, 11) is 1.74. The van der Waals surface area contributed by atoms with Crippen molar-refractivity contribution in [2.75, 3.05) is 7.11 Å². The van der Waals surface area contributed by atoms with Crippen molar-refractivity contribution in [1.82, 2.24) is 10.1 Å². The van der Waals surface area contributed by atoms with Crippen molar-refractivity contribution in [3.8, 4) is 0 Å². The van der Waals surface area contributed by atoms with E-state index in [9.17, 15) is 0 Å². The average molecular weight is 197 g/mol. The summed E-state index contributed by atoms with van der Waals surface area (Å²) in [5.41, 5.74) is 5.79. The summed E-state index contributed by atoms with van der Waals surface area (Å²) < 4.78 is 10.00. The topological polar surface area (TPSA) is 74.2 Å². The number of nitrogens with two attached hydrogens (primary N) is 1. The minimum atomic E-state index is -0.415. The molecule has 2 N–H and O–H groups in total. The fourth-order valence-corrected chi connectivity index (χ4v) is 1.96. The molecule has 1 aliphatic carbocycles. The highest BCUT2D eigenvalue weighted by Crippen LogP contribution is 2.33. The van der Waals surface area contributed by atoms with Crippen molar-refractivity contribution in [3.63, 3.8) is 0 Å². The zero-order valence-corrected chi connectivity index (χ0v) is 8.27. The summed E-state index contributed by atoms with van der Waals surface area (Å²) in [6.07, 6.45) is 5.28. The van der Waals surface area contributed by atoms with E-state index in [1.807, 2.05) is 0 Å². The van der Waals surface area contributed by atoms with Crippen molar-refractivity contribution >= 4 is 0 Å². The van der Waals surface area contributed by atoms with E-state index in [1.54, 1.807) is 7.11 Å². The number of hydrogen-bond donors (Lipinski definition) is 1.